The fourth-order valence-corrected chi connectivity index (χ4v) is 15.3. The fourth-order valence-electron chi connectivity index (χ4n) is 15.1. The molecule has 55 nitrogen and oxygen atoms in total. The van der Waals surface area contributed by atoms with Crippen LogP contribution in [0.25, 0.3) is 0 Å². The van der Waals surface area contributed by atoms with Crippen molar-refractivity contribution < 1.29 is 156 Å². The first kappa shape index (κ1) is 129. The number of unbranched alkanes of at least 4 members (excludes halogenated alkanes) is 1. The van der Waals surface area contributed by atoms with Crippen molar-refractivity contribution in [3.8, 4) is 0 Å². The van der Waals surface area contributed by atoms with Gasteiger partial charge in [-0.25, -0.2) is 0 Å². The Kier molecular flexibility index (Phi) is 56.9. The number of carboxylic acids is 4. The molecule has 2 aromatic carbocycles. The molecule has 1 saturated heterocycles. The average Bonchev–Trinajstić information content (AvgIpc) is 1.66. The Morgan fingerprint density at radius 3 is 1.27 bits per heavy atom. The Labute approximate surface area is 869 Å². The third-order valence-electron chi connectivity index (χ3n) is 23.6. The van der Waals surface area contributed by atoms with Gasteiger partial charge < -0.3 is 159 Å². The molecular weight excluding hydrogens is 2000 g/mol. The summed E-state index contributed by atoms with van der Waals surface area (Å²) in [6, 6.07) is -13.9. The number of nitrogens with one attached hydrogen (secondary N) is 18. The first-order valence-corrected chi connectivity index (χ1v) is 49.3. The normalized spacial score (nSPS) is 16.0. The number of aliphatic hydroxyl groups excluding tert-OH is 3. The highest BCUT2D eigenvalue weighted by Gasteiger charge is 2.44. The second kappa shape index (κ2) is 65.9. The van der Waals surface area contributed by atoms with E-state index in [-0.39, 0.29) is 64.5 Å². The van der Waals surface area contributed by atoms with Crippen molar-refractivity contribution >= 4 is 161 Å². The van der Waals surface area contributed by atoms with E-state index in [2.05, 4.69) is 92.4 Å². The van der Waals surface area contributed by atoms with Gasteiger partial charge in [-0.05, 0) is 113 Å². The maximum atomic E-state index is 15.0. The zero-order valence-corrected chi connectivity index (χ0v) is 86.0. The van der Waals surface area contributed by atoms with Gasteiger partial charge in [0.1, 0.15) is 109 Å². The van der Waals surface area contributed by atoms with Crippen LogP contribution >= 0.6 is 12.6 Å². The van der Waals surface area contributed by atoms with Gasteiger partial charge in [0.15, 0.2) is 0 Å². The van der Waals surface area contributed by atoms with Crippen molar-refractivity contribution in [3.63, 3.8) is 0 Å². The number of carbonyl (C=O) groups excluding carboxylic acids is 21. The molecule has 2 aromatic rings. The number of aliphatic hydroxyl groups is 3. The fraction of sp³-hybridized carbons (Fsp3) is 0.606. The minimum Gasteiger partial charge on any atom is -0.481 e. The van der Waals surface area contributed by atoms with Crippen molar-refractivity contribution in [1.29, 1.82) is 0 Å². The van der Waals surface area contributed by atoms with Crippen molar-refractivity contribution in [2.75, 3.05) is 45.1 Å². The van der Waals surface area contributed by atoms with E-state index in [1.165, 1.54) is 27.7 Å². The van der Waals surface area contributed by atoms with Gasteiger partial charge >= 0.3 is 23.9 Å². The molecule has 1 aliphatic heterocycles. The number of nitrogens with two attached hydrogens (primary N) is 4. The number of rotatable bonds is 69. The molecular formula is C94H145N23O32S. The molecule has 834 valence electrons. The molecule has 1 aliphatic rings. The molecule has 0 aliphatic carbocycles. The molecule has 0 saturated carbocycles. The van der Waals surface area contributed by atoms with Gasteiger partial charge in [-0.3, -0.25) is 120 Å². The summed E-state index contributed by atoms with van der Waals surface area (Å²) in [7, 11) is 0. The number of aliphatic carboxylic acids is 4. The van der Waals surface area contributed by atoms with E-state index in [4.69, 9.17) is 33.1 Å². The molecule has 33 N–H and O–H groups in total. The predicted molar refractivity (Wildman–Crippen MR) is 533 cm³/mol. The molecule has 0 aromatic heterocycles. The lowest BCUT2D eigenvalue weighted by Gasteiger charge is -2.30. The summed E-state index contributed by atoms with van der Waals surface area (Å²) >= 11 is 4.20. The summed E-state index contributed by atoms with van der Waals surface area (Å²) in [5.41, 5.74) is 23.6. The lowest BCUT2D eigenvalue weighted by Crippen LogP contribution is -2.62. The zero-order valence-electron chi connectivity index (χ0n) is 85.1. The highest BCUT2D eigenvalue weighted by atomic mass is 32.1. The van der Waals surface area contributed by atoms with E-state index >= 15 is 0 Å². The molecule has 0 spiro atoms. The molecule has 3 rings (SSSR count). The molecule has 20 atom stereocenters. The van der Waals surface area contributed by atoms with E-state index in [1.807, 2.05) is 16.0 Å². The Balaban J connectivity index is 1.86. The van der Waals surface area contributed by atoms with Crippen LogP contribution in [0.2, 0.25) is 0 Å². The first-order chi connectivity index (χ1) is 70.5. The molecule has 21 amide bonds. The van der Waals surface area contributed by atoms with Crippen LogP contribution in [0.3, 0.4) is 0 Å². The minimum absolute atomic E-state index is 0.0521. The van der Waals surface area contributed by atoms with Crippen LogP contribution in [0, 0.1) is 23.7 Å². The third kappa shape index (κ3) is 46.0. The van der Waals surface area contributed by atoms with E-state index in [0.29, 0.717) is 24.0 Å². The van der Waals surface area contributed by atoms with Gasteiger partial charge in [0.25, 0.3) is 0 Å². The Morgan fingerprint density at radius 2 is 0.793 bits per heavy atom. The largest absolute Gasteiger partial charge is 0.481 e. The van der Waals surface area contributed by atoms with Gasteiger partial charge in [0.2, 0.25) is 124 Å². The minimum atomic E-state index is -2.04. The van der Waals surface area contributed by atoms with Crippen LogP contribution < -0.4 is 119 Å². The summed E-state index contributed by atoms with van der Waals surface area (Å²) < 4.78 is 0. The zero-order chi connectivity index (χ0) is 113. The maximum Gasteiger partial charge on any atom is 0.322 e. The number of carboxylic acid groups (broad SMARTS) is 4. The lowest BCUT2D eigenvalue weighted by atomic mass is 9.96. The SMILES string of the molecule is CC[C@H](C)[C@H](NC(=O)[C@H](CCCCN)NC(=O)[C@H](CCC(=O)O)NC(=O)[C@@H]1CCCN1C(=O)[C@@H](N)CCC(=O)O)C(=O)N[C@@H](CO)C(=O)N[C@H](C(=O)N[C@@H](Cc1ccccc1)C(=O)N[C@@H](Cc1ccccc1)C(=O)N[C@@H](CC(N)=O)C(=O)NCC(=O)N[C@@H](CCC(N)=O)C(=O)N[C@@H](C)C(=O)N[C@H](C(=O)N[C@@H](CS)C(=O)N[C@@H](CC(C)C)C(=O)N[C@@H](CC(=O)O)C(=O)N[C@@H](CO)C(=O)N[C@H](C(=O)NCC(=O)O)[C@@H](C)O)C(C)C)C(C)C. The van der Waals surface area contributed by atoms with Gasteiger partial charge in [-0.2, -0.15) is 12.6 Å². The van der Waals surface area contributed by atoms with Crippen LogP contribution in [0.1, 0.15) is 177 Å². The van der Waals surface area contributed by atoms with Crippen molar-refractivity contribution in [2.45, 2.75) is 293 Å². The topological polar surface area (TPSA) is 892 Å². The molecule has 0 bridgehead atoms. The lowest BCUT2D eigenvalue weighted by molar-refractivity contribution is -0.142. The van der Waals surface area contributed by atoms with E-state index in [0.717, 1.165) is 18.7 Å². The average molecular weight is 2140 g/mol. The summed E-state index contributed by atoms with van der Waals surface area (Å²) in [5.74, 6) is -32.2. The number of benzene rings is 2. The monoisotopic (exact) mass is 2140 g/mol. The molecule has 0 unspecified atom stereocenters. The van der Waals surface area contributed by atoms with Crippen LogP contribution in [0.15, 0.2) is 60.7 Å². The number of primary amides is 2. The molecule has 0 radical (unpaired) electrons. The Hall–Kier alpha value is -14.7. The predicted octanol–water partition coefficient (Wildman–Crippen LogP) is -9.94. The van der Waals surface area contributed by atoms with Gasteiger partial charge in [-0.1, -0.05) is 122 Å². The van der Waals surface area contributed by atoms with Gasteiger partial charge in [0.05, 0.1) is 44.7 Å². The smallest absolute Gasteiger partial charge is 0.322 e. The van der Waals surface area contributed by atoms with Crippen LogP contribution in [-0.2, 0) is 133 Å². The third-order valence-corrected chi connectivity index (χ3v) is 24.0. The molecule has 150 heavy (non-hydrogen) atoms. The number of amides is 21. The molecule has 1 fully saturated rings. The highest BCUT2D eigenvalue weighted by molar-refractivity contribution is 7.80. The van der Waals surface area contributed by atoms with Crippen molar-refractivity contribution in [1.82, 2.24) is 101 Å². The number of thiol groups is 1. The summed E-state index contributed by atoms with van der Waals surface area (Å²) in [6.07, 6.45) is -6.70. The Bertz CT molecular complexity index is 5010. The van der Waals surface area contributed by atoms with E-state index < -0.39 is 363 Å². The second-order valence-electron chi connectivity index (χ2n) is 37.1. The second-order valence-corrected chi connectivity index (χ2v) is 37.5. The summed E-state index contributed by atoms with van der Waals surface area (Å²) in [5, 5.41) is 111. The standard InChI is InChI=1S/C94H145N23O32S/c1-11-48(8)75(115-81(136)54(25-18-19-33-95)103-80(135)56(29-32-70(126)127)104-89(144)65-26-20-34-117(65)94(149)53(96)27-31-69(124)125)93(148)111-63(43-119)86(141)114-74(47(6)7)91(146)109-59(37-52-23-16-13-17-24-52)84(139)106-58(36-51-21-14-12-15-22-51)83(138)107-60(38-67(98)122)78(133)99-40-68(123)102-55(28-30-66(97)121)79(134)101-49(9)77(132)113-73(46(4)5)92(147)112-64(44-150)88(143)105-57(35-45(2)3)82(137)108-61(39-71(128)129)85(140)110-62(42-118)87(142)116-76(50(10)120)90(145)100-41-72(130)131/h12-17,21-24,45-50,53-65,73-76,118-120,150H,11,18-20,25-44,95-96H2,1-10H3,(H2,97,121)(H2,98,122)(H,99,133)(H,100,145)(H,101,134)(H,102,123)(H,103,135)(H,104,144)(H,105,143)(H,106,139)(H,107,138)(H,108,137)(H,109,146)(H,110,140)(H,111,148)(H,112,147)(H,113,132)(H,114,141)(H,115,136)(H,116,142)(H,124,125)(H,126,127)(H,128,129)(H,130,131)/t48-,49-,50+,53-,54-,55-,56-,57-,58-,59-,60-,61-,62-,63-,64-,65-,73-,74-,75-,76-/m0/s1. The Morgan fingerprint density at radius 1 is 0.393 bits per heavy atom. The number of likely N-dealkylation sites (tertiary alicyclic amines) is 1. The van der Waals surface area contributed by atoms with Crippen molar-refractivity contribution in [3.05, 3.63) is 71.8 Å². The van der Waals surface area contributed by atoms with Gasteiger partial charge in [0, 0.05) is 44.4 Å². The number of carbonyl (C=O) groups is 25. The highest BCUT2D eigenvalue weighted by Crippen LogP contribution is 2.22. The van der Waals surface area contributed by atoms with Crippen LogP contribution in [0.4, 0.5) is 0 Å². The van der Waals surface area contributed by atoms with E-state index in [9.17, 15) is 145 Å². The maximum absolute atomic E-state index is 15.0. The first-order valence-electron chi connectivity index (χ1n) is 48.7. The van der Waals surface area contributed by atoms with Crippen LogP contribution in [0.5, 0.6) is 0 Å². The quantitative estimate of drug-likeness (QED) is 0.0216. The number of nitrogens with zero attached hydrogens (tertiary/aromatic N) is 1. The number of hydrogen-bond acceptors (Lipinski definition) is 31. The summed E-state index contributed by atoms with van der Waals surface area (Å²) in [6.45, 7) is 10.4. The van der Waals surface area contributed by atoms with Crippen LogP contribution in [-0.4, -0.2) is 349 Å². The van der Waals surface area contributed by atoms with Crippen molar-refractivity contribution in [2.24, 2.45) is 46.6 Å². The number of hydrogen-bond donors (Lipinski definition) is 30. The van der Waals surface area contributed by atoms with E-state index in [1.54, 1.807) is 88.4 Å². The molecule has 1 heterocycles. The van der Waals surface area contributed by atoms with Gasteiger partial charge in [-0.15, -0.1) is 0 Å². The summed E-state index contributed by atoms with van der Waals surface area (Å²) in [4.78, 5) is 339. The molecule has 56 heteroatoms.